The summed E-state index contributed by atoms with van der Waals surface area (Å²) in [6, 6.07) is 3.55. The predicted octanol–water partition coefficient (Wildman–Crippen LogP) is 2.57. The highest BCUT2D eigenvalue weighted by atomic mass is 16.3. The summed E-state index contributed by atoms with van der Waals surface area (Å²) in [6.45, 7) is 10.6. The molecule has 2 amide bonds. The van der Waals surface area contributed by atoms with Crippen molar-refractivity contribution in [1.29, 1.82) is 0 Å². The average Bonchev–Trinajstić information content (AvgIpc) is 2.63. The SMILES string of the molecule is Cc1ccc(C(=O)N2CCC(C(=O)NCC(C)(C)CN(C)C)CC2)c(O)c1C. The second-order valence-corrected chi connectivity index (χ2v) is 9.09. The fraction of sp³-hybridized carbons (Fsp3) is 0.636. The van der Waals surface area contributed by atoms with Crippen LogP contribution >= 0.6 is 0 Å². The Balaban J connectivity index is 1.89. The zero-order valence-electron chi connectivity index (χ0n) is 18.1. The first-order valence-corrected chi connectivity index (χ1v) is 10.0. The van der Waals surface area contributed by atoms with E-state index in [0.29, 0.717) is 38.0 Å². The van der Waals surface area contributed by atoms with Gasteiger partial charge in [0.15, 0.2) is 0 Å². The number of aryl methyl sites for hydroxylation is 1. The van der Waals surface area contributed by atoms with E-state index >= 15 is 0 Å². The molecule has 156 valence electrons. The lowest BCUT2D eigenvalue weighted by Gasteiger charge is -2.33. The first-order chi connectivity index (χ1) is 13.0. The van der Waals surface area contributed by atoms with Gasteiger partial charge in [0.05, 0.1) is 5.56 Å². The Morgan fingerprint density at radius 3 is 2.39 bits per heavy atom. The van der Waals surface area contributed by atoms with E-state index in [0.717, 1.165) is 17.7 Å². The molecule has 6 heteroatoms. The van der Waals surface area contributed by atoms with E-state index in [1.165, 1.54) is 0 Å². The number of benzene rings is 1. The molecule has 1 aliphatic rings. The molecule has 0 aliphatic carbocycles. The molecule has 1 aromatic carbocycles. The summed E-state index contributed by atoms with van der Waals surface area (Å²) in [6.07, 6.45) is 1.30. The molecule has 2 rings (SSSR count). The molecule has 0 atom stereocenters. The van der Waals surface area contributed by atoms with Crippen molar-refractivity contribution in [3.8, 4) is 5.75 Å². The third-order valence-corrected chi connectivity index (χ3v) is 5.57. The van der Waals surface area contributed by atoms with Gasteiger partial charge >= 0.3 is 0 Å². The van der Waals surface area contributed by atoms with Gasteiger partial charge in [-0.05, 0) is 63.4 Å². The van der Waals surface area contributed by atoms with E-state index < -0.39 is 0 Å². The van der Waals surface area contributed by atoms with Crippen molar-refractivity contribution < 1.29 is 14.7 Å². The summed E-state index contributed by atoms with van der Waals surface area (Å²) in [5.41, 5.74) is 2.05. The third-order valence-electron chi connectivity index (χ3n) is 5.57. The average molecular weight is 390 g/mol. The Bertz CT molecular complexity index is 720. The van der Waals surface area contributed by atoms with Crippen LogP contribution in [0.25, 0.3) is 0 Å². The van der Waals surface area contributed by atoms with Crippen LogP contribution in [0.1, 0.15) is 48.2 Å². The van der Waals surface area contributed by atoms with Gasteiger partial charge < -0.3 is 20.2 Å². The number of rotatable bonds is 6. The summed E-state index contributed by atoms with van der Waals surface area (Å²) in [5.74, 6) is -0.0833. The van der Waals surface area contributed by atoms with E-state index in [-0.39, 0.29) is 28.9 Å². The maximum Gasteiger partial charge on any atom is 0.257 e. The Morgan fingerprint density at radius 2 is 1.82 bits per heavy atom. The number of nitrogens with one attached hydrogen (secondary N) is 1. The molecular weight excluding hydrogens is 354 g/mol. The zero-order chi connectivity index (χ0) is 21.1. The summed E-state index contributed by atoms with van der Waals surface area (Å²) in [7, 11) is 4.06. The number of piperidine rings is 1. The van der Waals surface area contributed by atoms with Gasteiger partial charge in [-0.25, -0.2) is 0 Å². The molecule has 0 radical (unpaired) electrons. The Labute approximate surface area is 168 Å². The normalized spacial score (nSPS) is 15.8. The van der Waals surface area contributed by atoms with Gasteiger partial charge in [0.1, 0.15) is 5.75 Å². The summed E-state index contributed by atoms with van der Waals surface area (Å²) >= 11 is 0. The maximum absolute atomic E-state index is 12.8. The van der Waals surface area contributed by atoms with E-state index in [9.17, 15) is 14.7 Å². The lowest BCUT2D eigenvalue weighted by Crippen LogP contribution is -2.46. The van der Waals surface area contributed by atoms with Crippen molar-refractivity contribution in [3.63, 3.8) is 0 Å². The van der Waals surface area contributed by atoms with Crippen molar-refractivity contribution in [2.75, 3.05) is 40.3 Å². The molecule has 1 aromatic rings. The fourth-order valence-corrected chi connectivity index (χ4v) is 3.87. The number of likely N-dealkylation sites (tertiary alicyclic amines) is 1. The molecule has 0 unspecified atom stereocenters. The number of amides is 2. The van der Waals surface area contributed by atoms with E-state index in [1.807, 2.05) is 34.0 Å². The van der Waals surface area contributed by atoms with Crippen LogP contribution < -0.4 is 5.32 Å². The quantitative estimate of drug-likeness (QED) is 0.784. The maximum atomic E-state index is 12.8. The van der Waals surface area contributed by atoms with Crippen molar-refractivity contribution >= 4 is 11.8 Å². The topological polar surface area (TPSA) is 72.9 Å². The van der Waals surface area contributed by atoms with Gasteiger partial charge in [-0.2, -0.15) is 0 Å². The van der Waals surface area contributed by atoms with Crippen LogP contribution in [0.4, 0.5) is 0 Å². The molecule has 1 aliphatic heterocycles. The monoisotopic (exact) mass is 389 g/mol. The van der Waals surface area contributed by atoms with Gasteiger partial charge in [-0.15, -0.1) is 0 Å². The molecular formula is C22H35N3O3. The zero-order valence-corrected chi connectivity index (χ0v) is 18.1. The highest BCUT2D eigenvalue weighted by Crippen LogP contribution is 2.28. The second kappa shape index (κ2) is 8.95. The first-order valence-electron chi connectivity index (χ1n) is 10.0. The van der Waals surface area contributed by atoms with Crippen LogP contribution in [0.5, 0.6) is 5.75 Å². The molecule has 0 bridgehead atoms. The minimum atomic E-state index is -0.161. The van der Waals surface area contributed by atoms with Crippen molar-refractivity contribution in [3.05, 3.63) is 28.8 Å². The summed E-state index contributed by atoms with van der Waals surface area (Å²) < 4.78 is 0. The number of nitrogens with zero attached hydrogens (tertiary/aromatic N) is 2. The molecule has 1 heterocycles. The number of carbonyl (C=O) groups excluding carboxylic acids is 2. The largest absolute Gasteiger partial charge is 0.507 e. The van der Waals surface area contributed by atoms with Gasteiger partial charge in [0, 0.05) is 32.1 Å². The Kier molecular flexibility index (Phi) is 7.10. The number of aromatic hydroxyl groups is 1. The van der Waals surface area contributed by atoms with Crippen LogP contribution in [-0.2, 0) is 4.79 Å². The van der Waals surface area contributed by atoms with Crippen LogP contribution in [-0.4, -0.2) is 67.0 Å². The number of phenols is 1. The summed E-state index contributed by atoms with van der Waals surface area (Å²) in [4.78, 5) is 29.2. The molecule has 1 fully saturated rings. The minimum Gasteiger partial charge on any atom is -0.507 e. The van der Waals surface area contributed by atoms with Gasteiger partial charge in [-0.3, -0.25) is 9.59 Å². The van der Waals surface area contributed by atoms with Crippen LogP contribution in [0.3, 0.4) is 0 Å². The molecule has 0 spiro atoms. The standard InChI is InChI=1S/C22H35N3O3/c1-15-7-8-18(19(26)16(15)2)21(28)25-11-9-17(10-12-25)20(27)23-13-22(3,4)14-24(5)6/h7-8,17,26H,9-14H2,1-6H3,(H,23,27). The number of hydrogen-bond donors (Lipinski definition) is 2. The van der Waals surface area contributed by atoms with E-state index in [4.69, 9.17) is 0 Å². The minimum absolute atomic E-state index is 0.0106. The summed E-state index contributed by atoms with van der Waals surface area (Å²) in [5, 5.41) is 13.4. The van der Waals surface area contributed by atoms with Gasteiger partial charge in [0.2, 0.25) is 5.91 Å². The molecule has 0 saturated carbocycles. The lowest BCUT2D eigenvalue weighted by atomic mass is 9.91. The van der Waals surface area contributed by atoms with Crippen molar-refractivity contribution in [1.82, 2.24) is 15.1 Å². The third kappa shape index (κ3) is 5.47. The molecule has 2 N–H and O–H groups in total. The highest BCUT2D eigenvalue weighted by Gasteiger charge is 2.30. The molecule has 28 heavy (non-hydrogen) atoms. The Hall–Kier alpha value is -2.08. The molecule has 1 saturated heterocycles. The number of carbonyl (C=O) groups is 2. The van der Waals surface area contributed by atoms with Gasteiger partial charge in [0.25, 0.3) is 5.91 Å². The van der Waals surface area contributed by atoms with Crippen molar-refractivity contribution in [2.24, 2.45) is 11.3 Å². The van der Waals surface area contributed by atoms with Crippen LogP contribution in [0.2, 0.25) is 0 Å². The Morgan fingerprint density at radius 1 is 1.21 bits per heavy atom. The molecule has 0 aromatic heterocycles. The van der Waals surface area contributed by atoms with Gasteiger partial charge in [-0.1, -0.05) is 19.9 Å². The van der Waals surface area contributed by atoms with E-state index in [1.54, 1.807) is 11.0 Å². The van der Waals surface area contributed by atoms with Crippen molar-refractivity contribution in [2.45, 2.75) is 40.5 Å². The van der Waals surface area contributed by atoms with Crippen LogP contribution in [0.15, 0.2) is 12.1 Å². The highest BCUT2D eigenvalue weighted by molar-refractivity contribution is 5.97. The smallest absolute Gasteiger partial charge is 0.257 e. The van der Waals surface area contributed by atoms with E-state index in [2.05, 4.69) is 24.1 Å². The first kappa shape index (κ1) is 22.2. The predicted molar refractivity (Wildman–Crippen MR) is 112 cm³/mol. The number of phenolic OH excluding ortho intramolecular Hbond substituents is 1. The molecule has 6 nitrogen and oxygen atoms in total. The fourth-order valence-electron chi connectivity index (χ4n) is 3.87. The second-order valence-electron chi connectivity index (χ2n) is 9.09. The lowest BCUT2D eigenvalue weighted by molar-refractivity contribution is -0.126. The van der Waals surface area contributed by atoms with Crippen LogP contribution in [0, 0.1) is 25.2 Å². The number of hydrogen-bond acceptors (Lipinski definition) is 4.